The highest BCUT2D eigenvalue weighted by atomic mass is 16.2. The summed E-state index contributed by atoms with van der Waals surface area (Å²) in [5, 5.41) is 2.86. The molecular weight excluding hydrogens is 242 g/mol. The van der Waals surface area contributed by atoms with E-state index in [1.54, 1.807) is 25.4 Å². The molecule has 1 aromatic heterocycles. The molecule has 5 heteroatoms. The Morgan fingerprint density at radius 2 is 2.16 bits per heavy atom. The number of aromatic nitrogens is 1. The molecule has 1 aliphatic rings. The van der Waals surface area contributed by atoms with Crippen molar-refractivity contribution in [3.8, 4) is 0 Å². The molecule has 1 amide bonds. The third kappa shape index (κ3) is 3.04. The number of pyridine rings is 1. The Bertz CT molecular complexity index is 516. The number of nitrogens with zero attached hydrogens (tertiary/aromatic N) is 2. The van der Waals surface area contributed by atoms with Crippen molar-refractivity contribution in [2.24, 2.45) is 13.0 Å². The number of amides is 1. The number of aryl methyl sites for hydroxylation is 1. The van der Waals surface area contributed by atoms with Crippen LogP contribution in [-0.2, 0) is 7.05 Å². The van der Waals surface area contributed by atoms with Gasteiger partial charge in [-0.25, -0.2) is 0 Å². The molecule has 0 spiro atoms. The van der Waals surface area contributed by atoms with E-state index in [0.717, 1.165) is 12.8 Å². The van der Waals surface area contributed by atoms with Gasteiger partial charge in [-0.2, -0.15) is 0 Å². The Morgan fingerprint density at radius 1 is 1.47 bits per heavy atom. The molecular formula is C14H21N3O2. The van der Waals surface area contributed by atoms with Crippen LogP contribution in [-0.4, -0.2) is 42.1 Å². The number of hydrogen-bond donors (Lipinski definition) is 1. The molecule has 104 valence electrons. The van der Waals surface area contributed by atoms with E-state index < -0.39 is 0 Å². The van der Waals surface area contributed by atoms with Crippen LogP contribution >= 0.6 is 0 Å². The summed E-state index contributed by atoms with van der Waals surface area (Å²) < 4.78 is 1.42. The molecule has 1 fully saturated rings. The second kappa shape index (κ2) is 5.57. The normalized spacial score (nSPS) is 22.1. The quantitative estimate of drug-likeness (QED) is 0.858. The standard InChI is InChI=1S/C14H21N3O2/c1-16(2)11-7-10(8-11)9-15-13(18)12-5-4-6-17(3)14(12)19/h4-6,10-11H,7-9H2,1-3H3,(H,15,18). The maximum absolute atomic E-state index is 11.9. The molecule has 2 rings (SSSR count). The van der Waals surface area contributed by atoms with E-state index in [9.17, 15) is 9.59 Å². The average molecular weight is 263 g/mol. The molecule has 0 bridgehead atoms. The summed E-state index contributed by atoms with van der Waals surface area (Å²) in [5.41, 5.74) is -0.0340. The lowest BCUT2D eigenvalue weighted by molar-refractivity contribution is 0.0891. The van der Waals surface area contributed by atoms with Crippen LogP contribution < -0.4 is 10.9 Å². The highest BCUT2D eigenvalue weighted by Crippen LogP contribution is 2.29. The minimum absolute atomic E-state index is 0.216. The lowest BCUT2D eigenvalue weighted by Gasteiger charge is -2.39. The van der Waals surface area contributed by atoms with Gasteiger partial charge in [0.05, 0.1) is 0 Å². The van der Waals surface area contributed by atoms with Crippen LogP contribution in [0, 0.1) is 5.92 Å². The fourth-order valence-electron chi connectivity index (χ4n) is 2.39. The number of nitrogens with one attached hydrogen (secondary N) is 1. The van der Waals surface area contributed by atoms with Crippen LogP contribution in [0.5, 0.6) is 0 Å². The summed E-state index contributed by atoms with van der Waals surface area (Å²) in [5.74, 6) is 0.262. The van der Waals surface area contributed by atoms with Gasteiger partial charge in [0.15, 0.2) is 0 Å². The first-order valence-electron chi connectivity index (χ1n) is 6.59. The van der Waals surface area contributed by atoms with Gasteiger partial charge in [-0.15, -0.1) is 0 Å². The van der Waals surface area contributed by atoms with Gasteiger partial charge in [-0.1, -0.05) is 0 Å². The Hall–Kier alpha value is -1.62. The summed E-state index contributed by atoms with van der Waals surface area (Å²) in [6, 6.07) is 3.91. The van der Waals surface area contributed by atoms with Crippen molar-refractivity contribution in [1.82, 2.24) is 14.8 Å². The fraction of sp³-hybridized carbons (Fsp3) is 0.571. The number of carbonyl (C=O) groups is 1. The van der Waals surface area contributed by atoms with Gasteiger partial charge in [0, 0.05) is 25.8 Å². The van der Waals surface area contributed by atoms with Crippen molar-refractivity contribution < 1.29 is 4.79 Å². The Morgan fingerprint density at radius 3 is 2.79 bits per heavy atom. The zero-order valence-electron chi connectivity index (χ0n) is 11.7. The van der Waals surface area contributed by atoms with Gasteiger partial charge in [0.2, 0.25) is 0 Å². The second-order valence-corrected chi connectivity index (χ2v) is 5.50. The van der Waals surface area contributed by atoms with E-state index in [2.05, 4.69) is 24.3 Å². The largest absolute Gasteiger partial charge is 0.352 e. The van der Waals surface area contributed by atoms with Crippen molar-refractivity contribution >= 4 is 5.91 Å². The molecule has 0 unspecified atom stereocenters. The minimum Gasteiger partial charge on any atom is -0.352 e. The van der Waals surface area contributed by atoms with Crippen LogP contribution in [0.2, 0.25) is 0 Å². The third-order valence-electron chi connectivity index (χ3n) is 3.86. The average Bonchev–Trinajstić information content (AvgIpc) is 2.30. The maximum atomic E-state index is 11.9. The topological polar surface area (TPSA) is 54.3 Å². The van der Waals surface area contributed by atoms with Crippen LogP contribution in [0.3, 0.4) is 0 Å². The predicted octanol–water partition coefficient (Wildman–Crippen LogP) is 0.455. The van der Waals surface area contributed by atoms with E-state index in [1.165, 1.54) is 4.57 Å². The molecule has 0 aliphatic heterocycles. The van der Waals surface area contributed by atoms with Crippen LogP contribution in [0.15, 0.2) is 23.1 Å². The molecule has 1 saturated carbocycles. The molecule has 1 aromatic rings. The number of hydrogen-bond acceptors (Lipinski definition) is 3. The monoisotopic (exact) mass is 263 g/mol. The van der Waals surface area contributed by atoms with Gasteiger partial charge >= 0.3 is 0 Å². The van der Waals surface area contributed by atoms with E-state index in [1.807, 2.05) is 0 Å². The molecule has 0 atom stereocenters. The fourth-order valence-corrected chi connectivity index (χ4v) is 2.39. The summed E-state index contributed by atoms with van der Waals surface area (Å²) in [6.07, 6.45) is 3.87. The lowest BCUT2D eigenvalue weighted by atomic mass is 9.79. The van der Waals surface area contributed by atoms with Gasteiger partial charge < -0.3 is 14.8 Å². The zero-order chi connectivity index (χ0) is 14.0. The van der Waals surface area contributed by atoms with Crippen LogP contribution in [0.25, 0.3) is 0 Å². The van der Waals surface area contributed by atoms with Crippen molar-refractivity contribution in [2.45, 2.75) is 18.9 Å². The van der Waals surface area contributed by atoms with Gasteiger partial charge in [0.25, 0.3) is 11.5 Å². The lowest BCUT2D eigenvalue weighted by Crippen LogP contribution is -2.45. The molecule has 19 heavy (non-hydrogen) atoms. The van der Waals surface area contributed by atoms with E-state index >= 15 is 0 Å². The summed E-state index contributed by atoms with van der Waals surface area (Å²) in [4.78, 5) is 25.9. The summed E-state index contributed by atoms with van der Waals surface area (Å²) in [6.45, 7) is 0.654. The zero-order valence-corrected chi connectivity index (χ0v) is 11.7. The first-order valence-corrected chi connectivity index (χ1v) is 6.59. The first kappa shape index (κ1) is 13.8. The van der Waals surface area contributed by atoms with Crippen LogP contribution in [0.1, 0.15) is 23.2 Å². The molecule has 5 nitrogen and oxygen atoms in total. The van der Waals surface area contributed by atoms with Gasteiger partial charge in [-0.3, -0.25) is 9.59 Å². The number of carbonyl (C=O) groups excluding carboxylic acids is 1. The molecule has 0 aromatic carbocycles. The minimum atomic E-state index is -0.269. The van der Waals surface area contributed by atoms with Crippen LogP contribution in [0.4, 0.5) is 0 Å². The summed E-state index contributed by atoms with van der Waals surface area (Å²) >= 11 is 0. The highest BCUT2D eigenvalue weighted by Gasteiger charge is 2.30. The maximum Gasteiger partial charge on any atom is 0.263 e. The van der Waals surface area contributed by atoms with Gasteiger partial charge in [-0.05, 0) is 45.0 Å². The van der Waals surface area contributed by atoms with E-state index in [-0.39, 0.29) is 17.0 Å². The first-order chi connectivity index (χ1) is 8.99. The Kier molecular flexibility index (Phi) is 4.04. The second-order valence-electron chi connectivity index (χ2n) is 5.50. The SMILES string of the molecule is CN(C)C1CC(CNC(=O)c2cccn(C)c2=O)C1. The molecule has 0 radical (unpaired) electrons. The van der Waals surface area contributed by atoms with Crippen molar-refractivity contribution in [3.63, 3.8) is 0 Å². The Labute approximate surface area is 113 Å². The van der Waals surface area contributed by atoms with E-state index in [0.29, 0.717) is 18.5 Å². The van der Waals surface area contributed by atoms with Crippen molar-refractivity contribution in [2.75, 3.05) is 20.6 Å². The van der Waals surface area contributed by atoms with E-state index in [4.69, 9.17) is 0 Å². The third-order valence-corrected chi connectivity index (χ3v) is 3.86. The number of rotatable bonds is 4. The predicted molar refractivity (Wildman–Crippen MR) is 74.2 cm³/mol. The molecule has 1 heterocycles. The summed E-state index contributed by atoms with van der Waals surface area (Å²) in [7, 11) is 5.80. The molecule has 1 aliphatic carbocycles. The van der Waals surface area contributed by atoms with Gasteiger partial charge in [0.1, 0.15) is 5.56 Å². The Balaban J connectivity index is 1.86. The highest BCUT2D eigenvalue weighted by molar-refractivity contribution is 5.93. The van der Waals surface area contributed by atoms with Crippen molar-refractivity contribution in [3.05, 3.63) is 34.2 Å². The molecule has 1 N–H and O–H groups in total. The smallest absolute Gasteiger partial charge is 0.263 e. The molecule has 0 saturated heterocycles. The van der Waals surface area contributed by atoms with Crippen molar-refractivity contribution in [1.29, 1.82) is 0 Å².